The number of nitrogens with one attached hydrogen (secondary N) is 2. The average Bonchev–Trinajstić information content (AvgIpc) is 3.45. The highest BCUT2D eigenvalue weighted by molar-refractivity contribution is 7.99. The zero-order valence-corrected chi connectivity index (χ0v) is 21.3. The first kappa shape index (κ1) is 25.1. The zero-order chi connectivity index (χ0) is 23.5. The predicted molar refractivity (Wildman–Crippen MR) is 146 cm³/mol. The standard InChI is InChI=1S/C28H38N4S/c1-21(2)10-7-11-22(3)12-8-13-23(4)17-19-33-20-26(30-27-16-9-18-29-27)28-31-24-14-5-6-15-25(24)32-28/h5-6,9-10,12,14-15,17-18,26H,7-8,11,13,16,19-20H2,1-4H3,(H,29,30)(H,31,32)/b22-12+,23-17+. The minimum atomic E-state index is 0.0184. The van der Waals surface area contributed by atoms with Crippen LogP contribution in [0.2, 0.25) is 0 Å². The van der Waals surface area contributed by atoms with Gasteiger partial charge in [0.05, 0.1) is 11.0 Å². The number of hydrogen-bond acceptors (Lipinski definition) is 3. The number of para-hydroxylation sites is 2. The predicted octanol–water partition coefficient (Wildman–Crippen LogP) is 7.66. The summed E-state index contributed by atoms with van der Waals surface area (Å²) in [5.74, 6) is 3.86. The Kier molecular flexibility index (Phi) is 10.1. The molecule has 1 aromatic heterocycles. The molecule has 1 atom stereocenters. The van der Waals surface area contributed by atoms with Gasteiger partial charge in [-0.05, 0) is 71.7 Å². The summed E-state index contributed by atoms with van der Waals surface area (Å²) >= 11 is 1.92. The Morgan fingerprint density at radius 2 is 1.82 bits per heavy atom. The maximum Gasteiger partial charge on any atom is 0.133 e. The van der Waals surface area contributed by atoms with Crippen molar-refractivity contribution in [3.05, 3.63) is 77.3 Å². The number of amidine groups is 1. The smallest absolute Gasteiger partial charge is 0.133 e. The Morgan fingerprint density at radius 3 is 2.55 bits per heavy atom. The number of H-pyrrole nitrogens is 1. The highest BCUT2D eigenvalue weighted by atomic mass is 32.2. The molecule has 0 spiro atoms. The van der Waals surface area contributed by atoms with Crippen LogP contribution in [0.4, 0.5) is 0 Å². The van der Waals surface area contributed by atoms with E-state index in [1.165, 1.54) is 23.1 Å². The fourth-order valence-electron chi connectivity index (χ4n) is 3.69. The number of aromatic amines is 1. The quantitative estimate of drug-likeness (QED) is 0.251. The van der Waals surface area contributed by atoms with Gasteiger partial charge in [-0.1, -0.05) is 53.2 Å². The Morgan fingerprint density at radius 1 is 1.06 bits per heavy atom. The summed E-state index contributed by atoms with van der Waals surface area (Å²) in [7, 11) is 0. The van der Waals surface area contributed by atoms with Gasteiger partial charge in [-0.2, -0.15) is 11.8 Å². The SMILES string of the molecule is CC(C)=CCC/C(C)=C/CC/C(C)=C/CSCC(N=C1CC=CN1)c1nc2ccccc2[nH]1. The molecule has 1 aliphatic heterocycles. The minimum absolute atomic E-state index is 0.0184. The summed E-state index contributed by atoms with van der Waals surface area (Å²) in [6.07, 6.45) is 16.6. The topological polar surface area (TPSA) is 53.1 Å². The maximum atomic E-state index is 4.96. The van der Waals surface area contributed by atoms with Gasteiger partial charge in [0.25, 0.3) is 0 Å². The second-order valence-electron chi connectivity index (χ2n) is 8.98. The van der Waals surface area contributed by atoms with Gasteiger partial charge in [-0.25, -0.2) is 4.98 Å². The zero-order valence-electron chi connectivity index (χ0n) is 20.5. The Hall–Kier alpha value is -2.53. The van der Waals surface area contributed by atoms with Crippen molar-refractivity contribution in [2.45, 2.75) is 65.8 Å². The molecule has 0 fully saturated rings. The number of benzene rings is 1. The van der Waals surface area contributed by atoms with Gasteiger partial charge in [-0.3, -0.25) is 4.99 Å². The van der Waals surface area contributed by atoms with Gasteiger partial charge in [0.2, 0.25) is 0 Å². The monoisotopic (exact) mass is 462 g/mol. The van der Waals surface area contributed by atoms with Crippen LogP contribution in [0.15, 0.2) is 76.5 Å². The molecule has 5 heteroatoms. The summed E-state index contributed by atoms with van der Waals surface area (Å²) in [6.45, 7) is 8.83. The number of rotatable bonds is 12. The molecule has 0 saturated carbocycles. The lowest BCUT2D eigenvalue weighted by Crippen LogP contribution is -2.14. The average molecular weight is 463 g/mol. The molecule has 0 aliphatic carbocycles. The van der Waals surface area contributed by atoms with Crippen LogP contribution in [-0.4, -0.2) is 27.3 Å². The lowest BCUT2D eigenvalue weighted by Gasteiger charge is -2.11. The van der Waals surface area contributed by atoms with Crippen molar-refractivity contribution in [1.29, 1.82) is 0 Å². The number of imidazole rings is 1. The largest absolute Gasteiger partial charge is 0.350 e. The first-order valence-corrected chi connectivity index (χ1v) is 13.1. The molecule has 4 nitrogen and oxygen atoms in total. The molecule has 0 saturated heterocycles. The third-order valence-electron chi connectivity index (χ3n) is 5.66. The highest BCUT2D eigenvalue weighted by Gasteiger charge is 2.16. The van der Waals surface area contributed by atoms with Crippen molar-refractivity contribution < 1.29 is 0 Å². The van der Waals surface area contributed by atoms with Crippen LogP contribution in [0, 0.1) is 0 Å². The lowest BCUT2D eigenvalue weighted by molar-refractivity contribution is 0.767. The molecule has 2 N–H and O–H groups in total. The van der Waals surface area contributed by atoms with Gasteiger partial charge in [0.15, 0.2) is 0 Å². The molecular weight excluding hydrogens is 424 g/mol. The van der Waals surface area contributed by atoms with Crippen LogP contribution in [0.5, 0.6) is 0 Å². The number of hydrogen-bond donors (Lipinski definition) is 2. The van der Waals surface area contributed by atoms with Gasteiger partial charge >= 0.3 is 0 Å². The van der Waals surface area contributed by atoms with Crippen molar-refractivity contribution in [3.63, 3.8) is 0 Å². The van der Waals surface area contributed by atoms with E-state index >= 15 is 0 Å². The van der Waals surface area contributed by atoms with Crippen molar-refractivity contribution in [1.82, 2.24) is 15.3 Å². The van der Waals surface area contributed by atoms with Gasteiger partial charge in [0, 0.05) is 17.9 Å². The van der Waals surface area contributed by atoms with Gasteiger partial charge in [-0.15, -0.1) is 0 Å². The highest BCUT2D eigenvalue weighted by Crippen LogP contribution is 2.24. The summed E-state index contributed by atoms with van der Waals surface area (Å²) in [4.78, 5) is 13.2. The molecule has 0 radical (unpaired) electrons. The molecule has 3 rings (SSSR count). The van der Waals surface area contributed by atoms with E-state index in [-0.39, 0.29) is 6.04 Å². The fraction of sp³-hybridized carbons (Fsp3) is 0.429. The third kappa shape index (κ3) is 8.73. The number of aliphatic imine (C=N–C) groups is 1. The minimum Gasteiger partial charge on any atom is -0.350 e. The second kappa shape index (κ2) is 13.2. The van der Waals surface area contributed by atoms with Crippen LogP contribution in [0.25, 0.3) is 11.0 Å². The van der Waals surface area contributed by atoms with E-state index in [1.54, 1.807) is 0 Å². The Bertz CT molecular complexity index is 1010. The van der Waals surface area contributed by atoms with Gasteiger partial charge < -0.3 is 10.3 Å². The van der Waals surface area contributed by atoms with Crippen molar-refractivity contribution in [3.8, 4) is 0 Å². The maximum absolute atomic E-state index is 4.96. The molecule has 176 valence electrons. The summed E-state index contributed by atoms with van der Waals surface area (Å²) in [5, 5.41) is 3.25. The first-order valence-electron chi connectivity index (χ1n) is 12.0. The Labute approximate surface area is 203 Å². The van der Waals surface area contributed by atoms with E-state index in [1.807, 2.05) is 36.2 Å². The molecule has 1 aromatic carbocycles. The third-order valence-corrected chi connectivity index (χ3v) is 6.62. The van der Waals surface area contributed by atoms with Gasteiger partial charge in [0.1, 0.15) is 17.7 Å². The molecular formula is C28H38N4S. The van der Waals surface area contributed by atoms with E-state index in [2.05, 4.69) is 68.4 Å². The van der Waals surface area contributed by atoms with Crippen LogP contribution in [0.1, 0.15) is 71.7 Å². The van der Waals surface area contributed by atoms with E-state index in [0.29, 0.717) is 0 Å². The molecule has 33 heavy (non-hydrogen) atoms. The number of aromatic nitrogens is 2. The van der Waals surface area contributed by atoms with Crippen molar-refractivity contribution >= 4 is 28.6 Å². The molecule has 2 heterocycles. The van der Waals surface area contributed by atoms with E-state index in [0.717, 1.165) is 59.9 Å². The van der Waals surface area contributed by atoms with Crippen LogP contribution < -0.4 is 5.32 Å². The van der Waals surface area contributed by atoms with Crippen LogP contribution in [0.3, 0.4) is 0 Å². The number of thioether (sulfide) groups is 1. The number of nitrogens with zero attached hydrogens (tertiary/aromatic N) is 2. The molecule has 0 amide bonds. The summed E-state index contributed by atoms with van der Waals surface area (Å²) < 4.78 is 0. The molecule has 0 bridgehead atoms. The Balaban J connectivity index is 1.49. The molecule has 1 unspecified atom stereocenters. The van der Waals surface area contributed by atoms with E-state index in [9.17, 15) is 0 Å². The normalized spacial score (nSPS) is 16.4. The van der Waals surface area contributed by atoms with Crippen molar-refractivity contribution in [2.24, 2.45) is 4.99 Å². The molecule has 2 aromatic rings. The number of fused-ring (bicyclic) bond motifs is 1. The van der Waals surface area contributed by atoms with E-state index < -0.39 is 0 Å². The summed E-state index contributed by atoms with van der Waals surface area (Å²) in [5.41, 5.74) is 6.44. The lowest BCUT2D eigenvalue weighted by atomic mass is 10.1. The van der Waals surface area contributed by atoms with E-state index in [4.69, 9.17) is 9.98 Å². The second-order valence-corrected chi connectivity index (χ2v) is 10.1. The van der Waals surface area contributed by atoms with Crippen molar-refractivity contribution in [2.75, 3.05) is 11.5 Å². The fourth-order valence-corrected chi connectivity index (χ4v) is 4.68. The summed E-state index contributed by atoms with van der Waals surface area (Å²) in [6, 6.07) is 8.20. The molecule has 1 aliphatic rings. The first-order chi connectivity index (χ1) is 16.0. The van der Waals surface area contributed by atoms with Crippen LogP contribution in [-0.2, 0) is 0 Å². The van der Waals surface area contributed by atoms with Crippen LogP contribution >= 0.6 is 11.8 Å². The number of allylic oxidation sites excluding steroid dienone is 5.